The number of nitrogens with one attached hydrogen (secondary N) is 1. The Morgan fingerprint density at radius 1 is 1.13 bits per heavy atom. The number of rotatable bonds is 7. The first-order valence-corrected chi connectivity index (χ1v) is 11.2. The number of hydrogen-bond acceptors (Lipinski definition) is 6. The minimum atomic E-state index is -0.202. The average molecular weight is 438 g/mol. The van der Waals surface area contributed by atoms with E-state index >= 15 is 0 Å². The van der Waals surface area contributed by atoms with Gasteiger partial charge in [-0.1, -0.05) is 42.1 Å². The predicted octanol–water partition coefficient (Wildman–Crippen LogP) is 4.58. The maximum Gasteiger partial charge on any atom is 0.276 e. The zero-order valence-corrected chi connectivity index (χ0v) is 17.8. The number of para-hydroxylation sites is 3. The van der Waals surface area contributed by atoms with Crippen molar-refractivity contribution in [3.05, 3.63) is 76.4 Å². The second kappa shape index (κ2) is 9.15. The highest BCUT2D eigenvalue weighted by atomic mass is 32.2. The van der Waals surface area contributed by atoms with Crippen LogP contribution in [0.2, 0.25) is 0 Å². The number of ether oxygens (including phenoxy) is 1. The Hall–Kier alpha value is -3.10. The zero-order valence-electron chi connectivity index (χ0n) is 16.2. The van der Waals surface area contributed by atoms with E-state index in [-0.39, 0.29) is 17.2 Å². The van der Waals surface area contributed by atoms with Crippen LogP contribution in [0.3, 0.4) is 0 Å². The van der Waals surface area contributed by atoms with Gasteiger partial charge in [0.05, 0.1) is 29.3 Å². The number of fused-ring (bicyclic) bond motifs is 1. The minimum Gasteiger partial charge on any atom is -0.492 e. The van der Waals surface area contributed by atoms with Crippen molar-refractivity contribution in [2.75, 3.05) is 17.7 Å². The lowest BCUT2D eigenvalue weighted by Gasteiger charge is -2.13. The molecule has 0 bridgehead atoms. The van der Waals surface area contributed by atoms with Gasteiger partial charge in [0.1, 0.15) is 10.4 Å². The average Bonchev–Trinajstić information content (AvgIpc) is 3.24. The summed E-state index contributed by atoms with van der Waals surface area (Å²) in [7, 11) is 0. The number of thioether (sulfide) groups is 1. The Kier molecular flexibility index (Phi) is 6.15. The maximum absolute atomic E-state index is 13.1. The SMILES string of the molecule is CCOc1ccccc1NC(=O)CSc1nc2ccsc2c(=O)n1-c1ccccc1. The Labute approximate surface area is 181 Å². The van der Waals surface area contributed by atoms with Gasteiger partial charge >= 0.3 is 0 Å². The number of nitrogens with zero attached hydrogens (tertiary/aromatic N) is 2. The largest absolute Gasteiger partial charge is 0.492 e. The maximum atomic E-state index is 13.1. The highest BCUT2D eigenvalue weighted by Crippen LogP contribution is 2.26. The van der Waals surface area contributed by atoms with Crippen molar-refractivity contribution in [2.45, 2.75) is 12.1 Å². The Bertz CT molecular complexity index is 1240. The molecule has 0 unspecified atom stereocenters. The molecule has 0 saturated carbocycles. The number of hydrogen-bond donors (Lipinski definition) is 1. The van der Waals surface area contributed by atoms with Crippen LogP contribution in [-0.4, -0.2) is 27.8 Å². The highest BCUT2D eigenvalue weighted by molar-refractivity contribution is 7.99. The van der Waals surface area contributed by atoms with E-state index in [4.69, 9.17) is 4.74 Å². The van der Waals surface area contributed by atoms with Crippen LogP contribution in [0.5, 0.6) is 5.75 Å². The molecule has 0 aliphatic rings. The van der Waals surface area contributed by atoms with E-state index in [0.29, 0.717) is 33.4 Å². The van der Waals surface area contributed by atoms with Crippen molar-refractivity contribution in [3.8, 4) is 11.4 Å². The Morgan fingerprint density at radius 3 is 2.70 bits per heavy atom. The molecule has 1 N–H and O–H groups in total. The summed E-state index contributed by atoms with van der Waals surface area (Å²) in [6, 6.07) is 18.4. The van der Waals surface area contributed by atoms with E-state index in [9.17, 15) is 9.59 Å². The number of anilines is 1. The van der Waals surface area contributed by atoms with Crippen LogP contribution >= 0.6 is 23.1 Å². The van der Waals surface area contributed by atoms with Gasteiger partial charge in [0.2, 0.25) is 5.91 Å². The quantitative estimate of drug-likeness (QED) is 0.339. The van der Waals surface area contributed by atoms with Crippen LogP contribution in [-0.2, 0) is 4.79 Å². The summed E-state index contributed by atoms with van der Waals surface area (Å²) in [5.74, 6) is 0.527. The molecule has 0 atom stereocenters. The lowest BCUT2D eigenvalue weighted by molar-refractivity contribution is -0.113. The van der Waals surface area contributed by atoms with E-state index in [0.717, 1.165) is 5.69 Å². The normalized spacial score (nSPS) is 10.8. The summed E-state index contributed by atoms with van der Waals surface area (Å²) in [6.07, 6.45) is 0. The Balaban J connectivity index is 1.60. The molecule has 0 aliphatic carbocycles. The lowest BCUT2D eigenvalue weighted by atomic mass is 10.3. The molecule has 0 aliphatic heterocycles. The summed E-state index contributed by atoms with van der Waals surface area (Å²) < 4.78 is 7.71. The van der Waals surface area contributed by atoms with E-state index in [2.05, 4.69) is 10.3 Å². The van der Waals surface area contributed by atoms with Gasteiger partial charge in [-0.2, -0.15) is 0 Å². The molecule has 0 radical (unpaired) electrons. The van der Waals surface area contributed by atoms with Crippen molar-refractivity contribution < 1.29 is 9.53 Å². The zero-order chi connectivity index (χ0) is 20.9. The van der Waals surface area contributed by atoms with Crippen LogP contribution in [0.1, 0.15) is 6.92 Å². The number of benzene rings is 2. The van der Waals surface area contributed by atoms with E-state index in [1.165, 1.54) is 23.1 Å². The summed E-state index contributed by atoms with van der Waals surface area (Å²) in [5.41, 5.74) is 1.84. The first-order chi connectivity index (χ1) is 14.7. The van der Waals surface area contributed by atoms with Gasteiger partial charge in [-0.15, -0.1) is 11.3 Å². The molecule has 0 saturated heterocycles. The first-order valence-electron chi connectivity index (χ1n) is 9.37. The van der Waals surface area contributed by atoms with Crippen LogP contribution in [0.15, 0.2) is 76.0 Å². The molecule has 8 heteroatoms. The number of carbonyl (C=O) groups is 1. The molecule has 6 nitrogen and oxygen atoms in total. The molecule has 2 aromatic heterocycles. The lowest BCUT2D eigenvalue weighted by Crippen LogP contribution is -2.22. The van der Waals surface area contributed by atoms with Gasteiger partial charge in [0.25, 0.3) is 5.56 Å². The van der Waals surface area contributed by atoms with Gasteiger partial charge in [-0.05, 0) is 42.6 Å². The molecule has 152 valence electrons. The van der Waals surface area contributed by atoms with Crippen molar-refractivity contribution >= 4 is 44.9 Å². The van der Waals surface area contributed by atoms with Crippen molar-refractivity contribution in [1.82, 2.24) is 9.55 Å². The summed E-state index contributed by atoms with van der Waals surface area (Å²) in [4.78, 5) is 30.3. The molecule has 0 fully saturated rings. The molecule has 1 amide bonds. The Morgan fingerprint density at radius 2 is 1.90 bits per heavy atom. The third kappa shape index (κ3) is 4.24. The molecule has 4 aromatic rings. The predicted molar refractivity (Wildman–Crippen MR) is 122 cm³/mol. The molecule has 2 aromatic carbocycles. The monoisotopic (exact) mass is 437 g/mol. The second-order valence-electron chi connectivity index (χ2n) is 6.27. The topological polar surface area (TPSA) is 73.2 Å². The number of aromatic nitrogens is 2. The summed E-state index contributed by atoms with van der Waals surface area (Å²) in [5, 5.41) is 5.20. The fourth-order valence-corrected chi connectivity index (χ4v) is 4.53. The summed E-state index contributed by atoms with van der Waals surface area (Å²) in [6.45, 7) is 2.40. The van der Waals surface area contributed by atoms with Gasteiger partial charge in [0.15, 0.2) is 5.16 Å². The molecule has 2 heterocycles. The molecular formula is C22H19N3O3S2. The molecule has 30 heavy (non-hydrogen) atoms. The van der Waals surface area contributed by atoms with Gasteiger partial charge in [0, 0.05) is 0 Å². The van der Waals surface area contributed by atoms with Crippen LogP contribution in [0, 0.1) is 0 Å². The van der Waals surface area contributed by atoms with Crippen LogP contribution in [0.4, 0.5) is 5.69 Å². The standard InChI is InChI=1S/C22H19N3O3S2/c1-2-28-18-11-7-6-10-16(18)23-19(26)14-30-22-24-17-12-13-29-20(17)21(27)25(22)15-8-4-3-5-9-15/h3-13H,2,14H2,1H3,(H,23,26). The summed E-state index contributed by atoms with van der Waals surface area (Å²) >= 11 is 2.59. The van der Waals surface area contributed by atoms with Crippen LogP contribution in [0.25, 0.3) is 15.9 Å². The second-order valence-corrected chi connectivity index (χ2v) is 8.13. The van der Waals surface area contributed by atoms with E-state index < -0.39 is 0 Å². The fraction of sp³-hybridized carbons (Fsp3) is 0.136. The third-order valence-corrected chi connectivity index (χ3v) is 6.09. The molecule has 0 spiro atoms. The number of thiophene rings is 1. The van der Waals surface area contributed by atoms with Crippen molar-refractivity contribution in [2.24, 2.45) is 0 Å². The molecular weight excluding hydrogens is 418 g/mol. The van der Waals surface area contributed by atoms with Gasteiger partial charge in [-0.25, -0.2) is 4.98 Å². The van der Waals surface area contributed by atoms with Crippen LogP contribution < -0.4 is 15.6 Å². The van der Waals surface area contributed by atoms with Crippen molar-refractivity contribution in [3.63, 3.8) is 0 Å². The minimum absolute atomic E-state index is 0.107. The number of carbonyl (C=O) groups excluding carboxylic acids is 1. The smallest absolute Gasteiger partial charge is 0.276 e. The first kappa shape index (κ1) is 20.2. The number of amides is 1. The highest BCUT2D eigenvalue weighted by Gasteiger charge is 2.16. The fourth-order valence-electron chi connectivity index (χ4n) is 2.96. The third-order valence-electron chi connectivity index (χ3n) is 4.26. The molecule has 4 rings (SSSR count). The van der Waals surface area contributed by atoms with E-state index in [1.807, 2.05) is 66.9 Å². The van der Waals surface area contributed by atoms with Crippen molar-refractivity contribution in [1.29, 1.82) is 0 Å². The van der Waals surface area contributed by atoms with E-state index in [1.54, 1.807) is 10.6 Å². The van der Waals surface area contributed by atoms with Gasteiger partial charge in [-0.3, -0.25) is 14.2 Å². The van der Waals surface area contributed by atoms with Gasteiger partial charge < -0.3 is 10.1 Å².